The lowest BCUT2D eigenvalue weighted by molar-refractivity contribution is 0.0940. The minimum absolute atomic E-state index is 0.0583. The standard InChI is InChI=1S/C28H29N3O4/c1-17-6-8-23(28-31-30-19(3)35-28)16-24(17)21-9-11-22(12-10-21)27(32)29-18(2)14-20-7-13-25(33-4)26(15-20)34-5/h6-13,15-16,18H,14H2,1-5H3,(H,29,32). The number of nitrogens with one attached hydrogen (secondary N) is 1. The molecule has 0 spiro atoms. The zero-order valence-electron chi connectivity index (χ0n) is 20.6. The van der Waals surface area contributed by atoms with Crippen molar-refractivity contribution in [3.8, 4) is 34.1 Å². The quantitative estimate of drug-likeness (QED) is 0.370. The number of carbonyl (C=O) groups is 1. The molecule has 0 fully saturated rings. The summed E-state index contributed by atoms with van der Waals surface area (Å²) in [5.74, 6) is 2.26. The molecule has 4 rings (SSSR count). The molecule has 3 aromatic carbocycles. The van der Waals surface area contributed by atoms with Crippen LogP contribution in [0.2, 0.25) is 0 Å². The minimum Gasteiger partial charge on any atom is -0.493 e. The number of benzene rings is 3. The van der Waals surface area contributed by atoms with E-state index in [4.69, 9.17) is 13.9 Å². The molecule has 0 aliphatic carbocycles. The second-order valence-corrected chi connectivity index (χ2v) is 8.50. The molecular formula is C28H29N3O4. The Balaban J connectivity index is 1.45. The maximum atomic E-state index is 12.8. The van der Waals surface area contributed by atoms with E-state index in [0.29, 0.717) is 35.3 Å². The maximum Gasteiger partial charge on any atom is 0.251 e. The Hall–Kier alpha value is -4.13. The van der Waals surface area contributed by atoms with Crippen LogP contribution in [0.25, 0.3) is 22.6 Å². The Morgan fingerprint density at radius 3 is 2.29 bits per heavy atom. The van der Waals surface area contributed by atoms with E-state index in [1.807, 2.05) is 67.6 Å². The van der Waals surface area contributed by atoms with Crippen LogP contribution in [0, 0.1) is 13.8 Å². The fourth-order valence-electron chi connectivity index (χ4n) is 4.00. The molecule has 35 heavy (non-hydrogen) atoms. The molecule has 7 nitrogen and oxygen atoms in total. The SMILES string of the molecule is COc1ccc(CC(C)NC(=O)c2ccc(-c3cc(-c4nnc(C)o4)ccc3C)cc2)cc1OC. The number of rotatable bonds is 8. The number of aromatic nitrogens is 2. The first kappa shape index (κ1) is 24.0. The first-order valence-electron chi connectivity index (χ1n) is 11.4. The number of amides is 1. The van der Waals surface area contributed by atoms with Crippen LogP contribution in [0.15, 0.2) is 65.1 Å². The molecule has 180 valence electrons. The third-order valence-corrected chi connectivity index (χ3v) is 5.84. The largest absolute Gasteiger partial charge is 0.493 e. The highest BCUT2D eigenvalue weighted by Crippen LogP contribution is 2.30. The monoisotopic (exact) mass is 471 g/mol. The summed E-state index contributed by atoms with van der Waals surface area (Å²) in [5, 5.41) is 11.1. The van der Waals surface area contributed by atoms with E-state index >= 15 is 0 Å². The summed E-state index contributed by atoms with van der Waals surface area (Å²) in [7, 11) is 3.22. The van der Waals surface area contributed by atoms with Gasteiger partial charge in [0.25, 0.3) is 5.91 Å². The van der Waals surface area contributed by atoms with Gasteiger partial charge in [-0.15, -0.1) is 10.2 Å². The molecule has 0 aliphatic heterocycles. The number of hydrogen-bond donors (Lipinski definition) is 1. The van der Waals surface area contributed by atoms with Crippen LogP contribution in [0.5, 0.6) is 11.5 Å². The van der Waals surface area contributed by atoms with Gasteiger partial charge < -0.3 is 19.2 Å². The molecule has 0 aliphatic rings. The molecule has 0 radical (unpaired) electrons. The molecular weight excluding hydrogens is 442 g/mol. The molecule has 4 aromatic rings. The molecule has 7 heteroatoms. The van der Waals surface area contributed by atoms with Crippen molar-refractivity contribution in [2.75, 3.05) is 14.2 Å². The highest BCUT2D eigenvalue weighted by atomic mass is 16.5. The van der Waals surface area contributed by atoms with E-state index in [9.17, 15) is 4.79 Å². The zero-order chi connectivity index (χ0) is 24.9. The molecule has 1 aromatic heterocycles. The van der Waals surface area contributed by atoms with Crippen molar-refractivity contribution < 1.29 is 18.7 Å². The Morgan fingerprint density at radius 2 is 1.63 bits per heavy atom. The molecule has 1 atom stereocenters. The van der Waals surface area contributed by atoms with Crippen LogP contribution in [-0.4, -0.2) is 36.4 Å². The third-order valence-electron chi connectivity index (χ3n) is 5.84. The highest BCUT2D eigenvalue weighted by Gasteiger charge is 2.14. The van der Waals surface area contributed by atoms with Gasteiger partial charge in [0.15, 0.2) is 11.5 Å². The lowest BCUT2D eigenvalue weighted by Gasteiger charge is -2.16. The van der Waals surface area contributed by atoms with Crippen molar-refractivity contribution >= 4 is 5.91 Å². The van der Waals surface area contributed by atoms with E-state index in [1.54, 1.807) is 21.1 Å². The number of hydrogen-bond acceptors (Lipinski definition) is 6. The van der Waals surface area contributed by atoms with Crippen molar-refractivity contribution in [1.29, 1.82) is 0 Å². The Bertz CT molecular complexity index is 1330. The smallest absolute Gasteiger partial charge is 0.251 e. The van der Waals surface area contributed by atoms with Gasteiger partial charge in [0.2, 0.25) is 11.8 Å². The molecule has 0 bridgehead atoms. The van der Waals surface area contributed by atoms with E-state index in [0.717, 1.165) is 27.8 Å². The summed E-state index contributed by atoms with van der Waals surface area (Å²) in [6, 6.07) is 19.4. The van der Waals surface area contributed by atoms with Gasteiger partial charge in [-0.1, -0.05) is 24.3 Å². The lowest BCUT2D eigenvalue weighted by Crippen LogP contribution is -2.34. The van der Waals surface area contributed by atoms with Crippen molar-refractivity contribution in [2.45, 2.75) is 33.2 Å². The van der Waals surface area contributed by atoms with Crippen LogP contribution in [0.3, 0.4) is 0 Å². The van der Waals surface area contributed by atoms with Gasteiger partial charge >= 0.3 is 0 Å². The van der Waals surface area contributed by atoms with Crippen molar-refractivity contribution in [3.05, 3.63) is 83.2 Å². The Kier molecular flexibility index (Phi) is 7.15. The van der Waals surface area contributed by atoms with Gasteiger partial charge in [-0.3, -0.25) is 4.79 Å². The zero-order valence-corrected chi connectivity index (χ0v) is 20.6. The predicted molar refractivity (Wildman–Crippen MR) is 135 cm³/mol. The first-order chi connectivity index (χ1) is 16.9. The van der Waals surface area contributed by atoms with E-state index < -0.39 is 0 Å². The number of carbonyl (C=O) groups excluding carboxylic acids is 1. The van der Waals surface area contributed by atoms with Crippen LogP contribution >= 0.6 is 0 Å². The molecule has 0 saturated heterocycles. The molecule has 1 N–H and O–H groups in total. The van der Waals surface area contributed by atoms with Crippen molar-refractivity contribution in [2.24, 2.45) is 0 Å². The predicted octanol–water partition coefficient (Wildman–Crippen LogP) is 5.40. The second-order valence-electron chi connectivity index (χ2n) is 8.50. The fourth-order valence-corrected chi connectivity index (χ4v) is 4.00. The fraction of sp³-hybridized carbons (Fsp3) is 0.250. The lowest BCUT2D eigenvalue weighted by atomic mass is 9.97. The third kappa shape index (κ3) is 5.51. The Labute approximate surface area is 205 Å². The van der Waals surface area contributed by atoms with Crippen LogP contribution in [0.1, 0.15) is 34.3 Å². The minimum atomic E-state index is -0.115. The van der Waals surface area contributed by atoms with Crippen molar-refractivity contribution in [3.63, 3.8) is 0 Å². The number of aryl methyl sites for hydroxylation is 2. The highest BCUT2D eigenvalue weighted by molar-refractivity contribution is 5.95. The molecule has 1 heterocycles. The van der Waals surface area contributed by atoms with Gasteiger partial charge in [-0.25, -0.2) is 0 Å². The summed E-state index contributed by atoms with van der Waals surface area (Å²) >= 11 is 0. The summed E-state index contributed by atoms with van der Waals surface area (Å²) in [4.78, 5) is 12.8. The van der Waals surface area contributed by atoms with E-state index in [-0.39, 0.29) is 11.9 Å². The average molecular weight is 472 g/mol. The summed E-state index contributed by atoms with van der Waals surface area (Å²) < 4.78 is 16.2. The number of nitrogens with zero attached hydrogens (tertiary/aromatic N) is 2. The first-order valence-corrected chi connectivity index (χ1v) is 11.4. The number of ether oxygens (including phenoxy) is 2. The maximum absolute atomic E-state index is 12.8. The normalized spacial score (nSPS) is 11.7. The topological polar surface area (TPSA) is 86.5 Å². The van der Waals surface area contributed by atoms with Crippen LogP contribution < -0.4 is 14.8 Å². The summed E-state index contributed by atoms with van der Waals surface area (Å²) in [6.07, 6.45) is 0.672. The van der Waals surface area contributed by atoms with E-state index in [2.05, 4.69) is 22.4 Å². The second kappa shape index (κ2) is 10.4. The van der Waals surface area contributed by atoms with Crippen LogP contribution in [0.4, 0.5) is 0 Å². The molecule has 1 unspecified atom stereocenters. The van der Waals surface area contributed by atoms with Gasteiger partial charge in [0.1, 0.15) is 0 Å². The number of methoxy groups -OCH3 is 2. The van der Waals surface area contributed by atoms with Crippen LogP contribution in [-0.2, 0) is 6.42 Å². The molecule has 1 amide bonds. The molecule has 0 saturated carbocycles. The summed E-state index contributed by atoms with van der Waals surface area (Å²) in [5.41, 5.74) is 5.69. The van der Waals surface area contributed by atoms with Gasteiger partial charge in [0.05, 0.1) is 14.2 Å². The van der Waals surface area contributed by atoms with Gasteiger partial charge in [-0.2, -0.15) is 0 Å². The Morgan fingerprint density at radius 1 is 0.914 bits per heavy atom. The van der Waals surface area contributed by atoms with Gasteiger partial charge in [0, 0.05) is 24.1 Å². The van der Waals surface area contributed by atoms with Gasteiger partial charge in [-0.05, 0) is 78.9 Å². The van der Waals surface area contributed by atoms with Crippen molar-refractivity contribution in [1.82, 2.24) is 15.5 Å². The van der Waals surface area contributed by atoms with E-state index in [1.165, 1.54) is 0 Å². The summed E-state index contributed by atoms with van der Waals surface area (Å²) in [6.45, 7) is 5.80. The average Bonchev–Trinajstić information content (AvgIpc) is 3.30.